The zero-order chi connectivity index (χ0) is 17.2. The summed E-state index contributed by atoms with van der Waals surface area (Å²) in [6, 6.07) is 11.8. The molecule has 4 rings (SSSR count). The van der Waals surface area contributed by atoms with Crippen LogP contribution in [0.2, 0.25) is 0 Å². The first-order valence-corrected chi connectivity index (χ1v) is 9.38. The Kier molecular flexibility index (Phi) is 4.50. The van der Waals surface area contributed by atoms with Gasteiger partial charge in [0.05, 0.1) is 24.2 Å². The highest BCUT2D eigenvalue weighted by Gasteiger charge is 2.36. The van der Waals surface area contributed by atoms with Crippen molar-refractivity contribution in [3.8, 4) is 0 Å². The summed E-state index contributed by atoms with van der Waals surface area (Å²) in [5.74, 6) is 0.309. The molecule has 0 radical (unpaired) electrons. The van der Waals surface area contributed by atoms with Crippen LogP contribution in [0.15, 0.2) is 41.8 Å². The molecule has 7 heteroatoms. The van der Waals surface area contributed by atoms with Gasteiger partial charge in [0.1, 0.15) is 5.52 Å². The van der Waals surface area contributed by atoms with E-state index in [2.05, 4.69) is 15.6 Å². The topological polar surface area (TPSA) is 80.0 Å². The van der Waals surface area contributed by atoms with E-state index in [1.54, 1.807) is 16.0 Å². The molecule has 1 aliphatic rings. The number of aromatic nitrogens is 3. The van der Waals surface area contributed by atoms with Gasteiger partial charge >= 0.3 is 0 Å². The van der Waals surface area contributed by atoms with Crippen LogP contribution >= 0.6 is 11.3 Å². The normalized spacial score (nSPS) is 21.0. The first-order chi connectivity index (χ1) is 12.2. The monoisotopic (exact) mass is 356 g/mol. The highest BCUT2D eigenvalue weighted by Crippen LogP contribution is 2.39. The van der Waals surface area contributed by atoms with E-state index in [1.807, 2.05) is 41.8 Å². The van der Waals surface area contributed by atoms with Crippen LogP contribution in [0.5, 0.6) is 0 Å². The van der Waals surface area contributed by atoms with Crippen LogP contribution in [0.3, 0.4) is 0 Å². The summed E-state index contributed by atoms with van der Waals surface area (Å²) in [4.78, 5) is 13.6. The van der Waals surface area contributed by atoms with Crippen molar-refractivity contribution in [2.24, 2.45) is 5.92 Å². The molecule has 1 amide bonds. The molecule has 2 N–H and O–H groups in total. The molecule has 3 aromatic rings. The number of rotatable bonds is 6. The third kappa shape index (κ3) is 3.43. The number of nitrogens with one attached hydrogen (secondary N) is 1. The number of carbonyl (C=O) groups excluding carboxylic acids is 1. The van der Waals surface area contributed by atoms with Gasteiger partial charge in [0.25, 0.3) is 0 Å². The average molecular weight is 356 g/mol. The highest BCUT2D eigenvalue weighted by atomic mass is 32.1. The fourth-order valence-electron chi connectivity index (χ4n) is 3.33. The van der Waals surface area contributed by atoms with Gasteiger partial charge in [-0.25, -0.2) is 4.68 Å². The summed E-state index contributed by atoms with van der Waals surface area (Å²) in [5, 5.41) is 23.0. The van der Waals surface area contributed by atoms with E-state index in [0.717, 1.165) is 28.8 Å². The molecular formula is C18H20N4O2S. The van der Waals surface area contributed by atoms with Crippen molar-refractivity contribution >= 4 is 28.3 Å². The number of aryl methyl sites for hydroxylation is 1. The lowest BCUT2D eigenvalue weighted by Crippen LogP contribution is -2.41. The first kappa shape index (κ1) is 16.2. The molecule has 0 bridgehead atoms. The molecule has 0 spiro atoms. The number of hydrogen-bond donors (Lipinski definition) is 2. The second-order valence-electron chi connectivity index (χ2n) is 6.50. The fraction of sp³-hybridized carbons (Fsp3) is 0.389. The Balaban J connectivity index is 1.40. The summed E-state index contributed by atoms with van der Waals surface area (Å²) in [7, 11) is 0. The van der Waals surface area contributed by atoms with E-state index in [-0.39, 0.29) is 18.1 Å². The van der Waals surface area contributed by atoms with Gasteiger partial charge in [0, 0.05) is 11.3 Å². The predicted octanol–water partition coefficient (Wildman–Crippen LogP) is 2.51. The number of fused-ring (bicyclic) bond motifs is 1. The van der Waals surface area contributed by atoms with Crippen LogP contribution in [-0.2, 0) is 11.3 Å². The number of aliphatic hydroxyl groups excluding tert-OH is 1. The number of para-hydroxylation sites is 1. The molecule has 0 saturated heterocycles. The molecule has 1 fully saturated rings. The van der Waals surface area contributed by atoms with Crippen molar-refractivity contribution in [2.75, 3.05) is 0 Å². The van der Waals surface area contributed by atoms with Crippen molar-refractivity contribution in [3.63, 3.8) is 0 Å². The van der Waals surface area contributed by atoms with E-state index in [9.17, 15) is 9.90 Å². The predicted molar refractivity (Wildman–Crippen MR) is 96.1 cm³/mol. The third-order valence-corrected chi connectivity index (χ3v) is 5.71. The van der Waals surface area contributed by atoms with Gasteiger partial charge in [0.15, 0.2) is 0 Å². The maximum absolute atomic E-state index is 12.5. The fourth-order valence-corrected chi connectivity index (χ4v) is 4.20. The minimum absolute atomic E-state index is 0.000582. The minimum atomic E-state index is -0.231. The molecule has 1 unspecified atom stereocenters. The SMILES string of the molecule is O=C(CCn1nnc2ccccc21)NC(c1cccs1)C1CC(O)C1. The zero-order valence-electron chi connectivity index (χ0n) is 13.7. The highest BCUT2D eigenvalue weighted by molar-refractivity contribution is 7.10. The average Bonchev–Trinajstić information content (AvgIpc) is 3.25. The van der Waals surface area contributed by atoms with Gasteiger partial charge in [-0.05, 0) is 42.3 Å². The Hall–Kier alpha value is -2.25. The maximum atomic E-state index is 12.5. The molecule has 6 nitrogen and oxygen atoms in total. The number of nitrogens with zero attached hydrogens (tertiary/aromatic N) is 3. The van der Waals surface area contributed by atoms with E-state index in [1.165, 1.54) is 0 Å². The van der Waals surface area contributed by atoms with Crippen molar-refractivity contribution in [3.05, 3.63) is 46.7 Å². The van der Waals surface area contributed by atoms with Gasteiger partial charge in [-0.15, -0.1) is 16.4 Å². The lowest BCUT2D eigenvalue weighted by Gasteiger charge is -2.37. The Morgan fingerprint density at radius 3 is 2.92 bits per heavy atom. The van der Waals surface area contributed by atoms with Gasteiger partial charge in [0.2, 0.25) is 5.91 Å². The maximum Gasteiger partial charge on any atom is 0.222 e. The van der Waals surface area contributed by atoms with Crippen LogP contribution in [-0.4, -0.2) is 32.1 Å². The second kappa shape index (κ2) is 6.93. The summed E-state index contributed by atoms with van der Waals surface area (Å²) in [6.45, 7) is 0.497. The van der Waals surface area contributed by atoms with Crippen molar-refractivity contribution in [1.82, 2.24) is 20.3 Å². The molecule has 1 aliphatic carbocycles. The number of amides is 1. The van der Waals surface area contributed by atoms with E-state index >= 15 is 0 Å². The minimum Gasteiger partial charge on any atom is -0.393 e. The number of carbonyl (C=O) groups is 1. The first-order valence-electron chi connectivity index (χ1n) is 8.50. The molecule has 0 aliphatic heterocycles. The molecule has 1 atom stereocenters. The van der Waals surface area contributed by atoms with E-state index in [0.29, 0.717) is 18.9 Å². The standard InChI is InChI=1S/C18H20N4O2S/c23-13-10-12(11-13)18(16-6-3-9-25-16)19-17(24)7-8-22-15-5-2-1-4-14(15)20-21-22/h1-6,9,12-13,18,23H,7-8,10-11H2,(H,19,24). The molecule has 130 valence electrons. The Labute approximate surface area is 149 Å². The molecule has 1 aromatic carbocycles. The van der Waals surface area contributed by atoms with Gasteiger partial charge in [-0.3, -0.25) is 4.79 Å². The van der Waals surface area contributed by atoms with E-state index < -0.39 is 0 Å². The number of benzene rings is 1. The van der Waals surface area contributed by atoms with Gasteiger partial charge in [-0.1, -0.05) is 23.4 Å². The smallest absolute Gasteiger partial charge is 0.222 e. The summed E-state index contributed by atoms with van der Waals surface area (Å²) < 4.78 is 1.77. The van der Waals surface area contributed by atoms with Crippen molar-refractivity contribution in [1.29, 1.82) is 0 Å². The summed E-state index contributed by atoms with van der Waals surface area (Å²) in [5.41, 5.74) is 1.77. The van der Waals surface area contributed by atoms with Crippen molar-refractivity contribution in [2.45, 2.75) is 38.0 Å². The Morgan fingerprint density at radius 2 is 2.16 bits per heavy atom. The molecular weight excluding hydrogens is 336 g/mol. The Morgan fingerprint density at radius 1 is 1.32 bits per heavy atom. The Bertz CT molecular complexity index is 855. The lowest BCUT2D eigenvalue weighted by atomic mass is 9.76. The zero-order valence-corrected chi connectivity index (χ0v) is 14.5. The van der Waals surface area contributed by atoms with Crippen LogP contribution in [0.1, 0.15) is 30.2 Å². The number of hydrogen-bond acceptors (Lipinski definition) is 5. The molecule has 25 heavy (non-hydrogen) atoms. The second-order valence-corrected chi connectivity index (χ2v) is 7.48. The summed E-state index contributed by atoms with van der Waals surface area (Å²) in [6.07, 6.45) is 1.61. The van der Waals surface area contributed by atoms with Gasteiger partial charge in [-0.2, -0.15) is 0 Å². The molecule has 2 aromatic heterocycles. The lowest BCUT2D eigenvalue weighted by molar-refractivity contribution is -0.123. The van der Waals surface area contributed by atoms with Gasteiger partial charge < -0.3 is 10.4 Å². The third-order valence-electron chi connectivity index (χ3n) is 4.76. The van der Waals surface area contributed by atoms with Crippen LogP contribution in [0, 0.1) is 5.92 Å². The van der Waals surface area contributed by atoms with Crippen molar-refractivity contribution < 1.29 is 9.90 Å². The largest absolute Gasteiger partial charge is 0.393 e. The summed E-state index contributed by atoms with van der Waals surface area (Å²) >= 11 is 1.65. The van der Waals surface area contributed by atoms with Crippen LogP contribution < -0.4 is 5.32 Å². The number of aliphatic hydroxyl groups is 1. The van der Waals surface area contributed by atoms with E-state index in [4.69, 9.17) is 0 Å². The molecule has 1 saturated carbocycles. The van der Waals surface area contributed by atoms with Crippen LogP contribution in [0.25, 0.3) is 11.0 Å². The molecule has 2 heterocycles. The van der Waals surface area contributed by atoms with Crippen LogP contribution in [0.4, 0.5) is 0 Å². The number of thiophene rings is 1. The quantitative estimate of drug-likeness (QED) is 0.711.